The van der Waals surface area contributed by atoms with Crippen molar-refractivity contribution in [1.82, 2.24) is 9.80 Å². The molecule has 0 aromatic heterocycles. The summed E-state index contributed by atoms with van der Waals surface area (Å²) in [5, 5.41) is 4.39. The van der Waals surface area contributed by atoms with Gasteiger partial charge >= 0.3 is 0 Å². The normalized spacial score (nSPS) is 21.3. The third-order valence-electron chi connectivity index (χ3n) is 4.65. The largest absolute Gasteiger partial charge is 0.373 e. The van der Waals surface area contributed by atoms with Gasteiger partial charge in [0.05, 0.1) is 6.54 Å². The van der Waals surface area contributed by atoms with Gasteiger partial charge in [0.15, 0.2) is 12.1 Å². The van der Waals surface area contributed by atoms with Crippen LogP contribution in [-0.4, -0.2) is 42.0 Å². The second-order valence-corrected chi connectivity index (χ2v) is 6.21. The summed E-state index contributed by atoms with van der Waals surface area (Å²) in [5.74, 6) is 0.902. The van der Waals surface area contributed by atoms with Gasteiger partial charge in [0.1, 0.15) is 0 Å². The van der Waals surface area contributed by atoms with E-state index in [1.54, 1.807) is 0 Å². The molecular weight excluding hydrogens is 286 g/mol. The molecule has 2 aromatic carbocycles. The fourth-order valence-electron chi connectivity index (χ4n) is 3.34. The van der Waals surface area contributed by atoms with E-state index < -0.39 is 0 Å². The van der Waals surface area contributed by atoms with Crippen molar-refractivity contribution in [2.24, 2.45) is 5.16 Å². The van der Waals surface area contributed by atoms with Crippen molar-refractivity contribution in [2.75, 3.05) is 20.1 Å². The average Bonchev–Trinajstić information content (AvgIpc) is 2.62. The number of oxime groups is 1. The van der Waals surface area contributed by atoms with Crippen molar-refractivity contribution >= 4 is 5.84 Å². The molecule has 0 bridgehead atoms. The van der Waals surface area contributed by atoms with Crippen LogP contribution in [0.1, 0.15) is 16.7 Å². The lowest BCUT2D eigenvalue weighted by Crippen LogP contribution is -2.50. The molecule has 2 aliphatic heterocycles. The molecule has 23 heavy (non-hydrogen) atoms. The molecule has 0 N–H and O–H groups in total. The van der Waals surface area contributed by atoms with Crippen LogP contribution in [0.15, 0.2) is 59.8 Å². The van der Waals surface area contributed by atoms with Crippen molar-refractivity contribution in [3.8, 4) is 0 Å². The predicted molar refractivity (Wildman–Crippen MR) is 91.0 cm³/mol. The summed E-state index contributed by atoms with van der Waals surface area (Å²) in [6.45, 7) is 2.78. The molecule has 1 atom stereocenters. The summed E-state index contributed by atoms with van der Waals surface area (Å²) in [6, 6.07) is 18.9. The van der Waals surface area contributed by atoms with Crippen LogP contribution in [0.4, 0.5) is 0 Å². The van der Waals surface area contributed by atoms with Crippen molar-refractivity contribution in [3.63, 3.8) is 0 Å². The van der Waals surface area contributed by atoms with Gasteiger partial charge in [-0.3, -0.25) is 4.90 Å². The third kappa shape index (κ3) is 2.82. The average molecular weight is 307 g/mol. The minimum Gasteiger partial charge on any atom is -0.373 e. The van der Waals surface area contributed by atoms with Gasteiger partial charge in [-0.25, -0.2) is 0 Å². The van der Waals surface area contributed by atoms with Gasteiger partial charge in [-0.15, -0.1) is 0 Å². The zero-order valence-corrected chi connectivity index (χ0v) is 13.4. The van der Waals surface area contributed by atoms with E-state index in [9.17, 15) is 0 Å². The molecule has 0 spiro atoms. The Morgan fingerprint density at radius 2 is 1.74 bits per heavy atom. The summed E-state index contributed by atoms with van der Waals surface area (Å²) >= 11 is 0. The Morgan fingerprint density at radius 1 is 1.00 bits per heavy atom. The Kier molecular flexibility index (Phi) is 3.75. The Labute approximate surface area is 137 Å². The standard InChI is InChI=1S/C19H21N3O/c1-21-14-18(23-20-19(21)16-8-3-2-4-9-16)22-12-11-15-7-5-6-10-17(15)13-22/h2-10,18H,11-14H2,1H3. The molecular formula is C19H21N3O. The highest BCUT2D eigenvalue weighted by atomic mass is 16.7. The first-order valence-electron chi connectivity index (χ1n) is 8.12. The van der Waals surface area contributed by atoms with Crippen LogP contribution >= 0.6 is 0 Å². The lowest BCUT2D eigenvalue weighted by atomic mass is 10.00. The third-order valence-corrected chi connectivity index (χ3v) is 4.65. The molecule has 1 unspecified atom stereocenters. The molecule has 4 nitrogen and oxygen atoms in total. The molecule has 0 radical (unpaired) electrons. The van der Waals surface area contributed by atoms with E-state index in [0.29, 0.717) is 0 Å². The van der Waals surface area contributed by atoms with Gasteiger partial charge in [-0.2, -0.15) is 0 Å². The highest BCUT2D eigenvalue weighted by Crippen LogP contribution is 2.23. The zero-order chi connectivity index (χ0) is 15.6. The second kappa shape index (κ2) is 6.05. The molecule has 4 rings (SSSR count). The number of rotatable bonds is 2. The smallest absolute Gasteiger partial charge is 0.199 e. The van der Waals surface area contributed by atoms with E-state index >= 15 is 0 Å². The van der Waals surface area contributed by atoms with Crippen LogP contribution < -0.4 is 0 Å². The quantitative estimate of drug-likeness (QED) is 0.854. The molecule has 0 fully saturated rings. The monoisotopic (exact) mass is 307 g/mol. The summed E-state index contributed by atoms with van der Waals surface area (Å²) in [5.41, 5.74) is 3.96. The molecule has 0 saturated carbocycles. The van der Waals surface area contributed by atoms with Gasteiger partial charge in [0.2, 0.25) is 0 Å². The summed E-state index contributed by atoms with van der Waals surface area (Å²) in [4.78, 5) is 10.4. The van der Waals surface area contributed by atoms with Crippen molar-refractivity contribution < 1.29 is 4.84 Å². The SMILES string of the molecule is CN1CC(N2CCc3ccccc3C2)ON=C1c1ccccc1. The lowest BCUT2D eigenvalue weighted by Gasteiger charge is -2.38. The maximum absolute atomic E-state index is 5.84. The van der Waals surface area contributed by atoms with E-state index in [1.165, 1.54) is 11.1 Å². The Morgan fingerprint density at radius 3 is 2.52 bits per heavy atom. The Balaban J connectivity index is 1.50. The second-order valence-electron chi connectivity index (χ2n) is 6.21. The minimum absolute atomic E-state index is 0.0146. The maximum Gasteiger partial charge on any atom is 0.199 e. The fourth-order valence-corrected chi connectivity index (χ4v) is 3.34. The minimum atomic E-state index is 0.0146. The first kappa shape index (κ1) is 14.3. The molecule has 2 heterocycles. The van der Waals surface area contributed by atoms with Gasteiger partial charge in [-0.05, 0) is 17.5 Å². The van der Waals surface area contributed by atoms with Crippen molar-refractivity contribution in [2.45, 2.75) is 19.2 Å². The summed E-state index contributed by atoms with van der Waals surface area (Å²) in [7, 11) is 2.08. The number of likely N-dealkylation sites (N-methyl/N-ethyl adjacent to an activating group) is 1. The van der Waals surface area contributed by atoms with Gasteiger partial charge in [-0.1, -0.05) is 59.8 Å². The van der Waals surface area contributed by atoms with E-state index in [1.807, 2.05) is 18.2 Å². The molecule has 0 aliphatic carbocycles. The molecule has 2 aromatic rings. The van der Waals surface area contributed by atoms with E-state index in [-0.39, 0.29) is 6.23 Å². The van der Waals surface area contributed by atoms with E-state index in [2.05, 4.69) is 58.4 Å². The van der Waals surface area contributed by atoms with Crippen LogP contribution in [0.5, 0.6) is 0 Å². The highest BCUT2D eigenvalue weighted by Gasteiger charge is 2.30. The maximum atomic E-state index is 5.84. The van der Waals surface area contributed by atoms with Crippen LogP contribution in [0.25, 0.3) is 0 Å². The van der Waals surface area contributed by atoms with Crippen molar-refractivity contribution in [1.29, 1.82) is 0 Å². The predicted octanol–water partition coefficient (Wildman–Crippen LogP) is 2.69. The molecule has 2 aliphatic rings. The first-order chi connectivity index (χ1) is 11.3. The molecule has 0 amide bonds. The first-order valence-corrected chi connectivity index (χ1v) is 8.12. The number of nitrogens with zero attached hydrogens (tertiary/aromatic N) is 3. The molecule has 4 heteroatoms. The number of fused-ring (bicyclic) bond motifs is 1. The number of hydrogen-bond acceptors (Lipinski definition) is 4. The number of benzene rings is 2. The van der Waals surface area contributed by atoms with E-state index in [4.69, 9.17) is 4.84 Å². The van der Waals surface area contributed by atoms with Gasteiger partial charge in [0.25, 0.3) is 0 Å². The molecule has 0 saturated heterocycles. The van der Waals surface area contributed by atoms with Crippen LogP contribution in [-0.2, 0) is 17.8 Å². The van der Waals surface area contributed by atoms with Gasteiger partial charge in [0, 0.05) is 25.7 Å². The fraction of sp³-hybridized carbons (Fsp3) is 0.316. The van der Waals surface area contributed by atoms with Crippen molar-refractivity contribution in [3.05, 3.63) is 71.3 Å². The number of amidine groups is 1. The zero-order valence-electron chi connectivity index (χ0n) is 13.4. The Hall–Kier alpha value is -2.33. The topological polar surface area (TPSA) is 28.1 Å². The summed E-state index contributed by atoms with van der Waals surface area (Å²) < 4.78 is 0. The van der Waals surface area contributed by atoms with Crippen LogP contribution in [0.3, 0.4) is 0 Å². The Bertz CT molecular complexity index is 714. The lowest BCUT2D eigenvalue weighted by molar-refractivity contribution is -0.0843. The summed E-state index contributed by atoms with van der Waals surface area (Å²) in [6.07, 6.45) is 1.09. The number of hydrogen-bond donors (Lipinski definition) is 0. The van der Waals surface area contributed by atoms with Crippen LogP contribution in [0, 0.1) is 0 Å². The van der Waals surface area contributed by atoms with Crippen LogP contribution in [0.2, 0.25) is 0 Å². The van der Waals surface area contributed by atoms with E-state index in [0.717, 1.165) is 37.5 Å². The highest BCUT2D eigenvalue weighted by molar-refractivity contribution is 5.98. The molecule has 118 valence electrons. The van der Waals surface area contributed by atoms with Gasteiger partial charge < -0.3 is 9.74 Å².